The van der Waals surface area contributed by atoms with Crippen molar-refractivity contribution in [3.63, 3.8) is 0 Å². The van der Waals surface area contributed by atoms with Gasteiger partial charge in [0.15, 0.2) is 0 Å². The zero-order chi connectivity index (χ0) is 18.6. The van der Waals surface area contributed by atoms with Gasteiger partial charge in [-0.15, -0.1) is 0 Å². The van der Waals surface area contributed by atoms with Crippen LogP contribution in [0.15, 0.2) is 59.1 Å². The maximum absolute atomic E-state index is 5.39. The molecular formula is C22H22N4O. The van der Waals surface area contributed by atoms with Gasteiger partial charge in [0.2, 0.25) is 11.7 Å². The molecule has 0 unspecified atom stereocenters. The fraction of sp³-hybridized carbons (Fsp3) is 0.227. The molecule has 0 saturated heterocycles. The Balaban J connectivity index is 1.75. The molecule has 2 heterocycles. The number of aryl methyl sites for hydroxylation is 2. The molecule has 0 bridgehead atoms. The van der Waals surface area contributed by atoms with Crippen molar-refractivity contribution in [3.8, 4) is 11.4 Å². The van der Waals surface area contributed by atoms with Crippen molar-refractivity contribution in [1.29, 1.82) is 0 Å². The number of nitrogens with one attached hydrogen (secondary N) is 1. The third kappa shape index (κ3) is 3.82. The normalized spacial score (nSPS) is 11.0. The minimum Gasteiger partial charge on any atom is -0.365 e. The van der Waals surface area contributed by atoms with Gasteiger partial charge in [-0.1, -0.05) is 54.5 Å². The van der Waals surface area contributed by atoms with Crippen LogP contribution in [0.2, 0.25) is 0 Å². The van der Waals surface area contributed by atoms with E-state index in [0.717, 1.165) is 35.1 Å². The molecule has 0 aliphatic carbocycles. The number of aromatic nitrogens is 3. The Hall–Kier alpha value is -3.21. The lowest BCUT2D eigenvalue weighted by molar-refractivity contribution is 0.378. The highest BCUT2D eigenvalue weighted by atomic mass is 16.5. The molecule has 0 aliphatic heterocycles. The van der Waals surface area contributed by atoms with Gasteiger partial charge < -0.3 is 9.84 Å². The van der Waals surface area contributed by atoms with Gasteiger partial charge >= 0.3 is 0 Å². The summed E-state index contributed by atoms with van der Waals surface area (Å²) < 4.78 is 5.39. The van der Waals surface area contributed by atoms with Crippen molar-refractivity contribution in [2.45, 2.75) is 33.2 Å². The second kappa shape index (κ2) is 7.58. The number of nitrogens with zero attached hydrogens (tertiary/aromatic N) is 3. The van der Waals surface area contributed by atoms with Gasteiger partial charge in [0.05, 0.1) is 11.1 Å². The summed E-state index contributed by atoms with van der Waals surface area (Å²) in [6, 6.07) is 18.6. The van der Waals surface area contributed by atoms with Gasteiger partial charge in [-0.3, -0.25) is 0 Å². The van der Waals surface area contributed by atoms with Crippen LogP contribution in [0.25, 0.3) is 22.3 Å². The first kappa shape index (κ1) is 17.2. The van der Waals surface area contributed by atoms with E-state index in [9.17, 15) is 0 Å². The number of benzene rings is 2. The molecule has 2 aromatic heterocycles. The fourth-order valence-electron chi connectivity index (χ4n) is 3.04. The number of anilines is 1. The molecule has 0 spiro atoms. The minimum absolute atomic E-state index is 0.573. The summed E-state index contributed by atoms with van der Waals surface area (Å²) in [4.78, 5) is 9.40. The Morgan fingerprint density at radius 1 is 1.00 bits per heavy atom. The maximum atomic E-state index is 5.39. The largest absolute Gasteiger partial charge is 0.365 e. The first-order valence-electron chi connectivity index (χ1n) is 9.25. The standard InChI is InChI=1S/C22H22N4O/c1-3-7-20-25-22(26-27-20)18-13-17-11-10-15(2)12-19(17)24-21(18)23-14-16-8-5-4-6-9-16/h4-6,8-13H,3,7,14H2,1-2H3,(H,23,24). The fourth-order valence-corrected chi connectivity index (χ4v) is 3.04. The third-order valence-electron chi connectivity index (χ3n) is 4.45. The van der Waals surface area contributed by atoms with Crippen molar-refractivity contribution in [2.75, 3.05) is 5.32 Å². The highest BCUT2D eigenvalue weighted by Crippen LogP contribution is 2.29. The summed E-state index contributed by atoms with van der Waals surface area (Å²) in [5.41, 5.74) is 4.18. The van der Waals surface area contributed by atoms with Crippen LogP contribution in [0, 0.1) is 6.92 Å². The van der Waals surface area contributed by atoms with Crippen LogP contribution in [0.1, 0.15) is 30.4 Å². The van der Waals surface area contributed by atoms with Crippen LogP contribution >= 0.6 is 0 Å². The maximum Gasteiger partial charge on any atom is 0.226 e. The number of fused-ring (bicyclic) bond motifs is 1. The Kier molecular flexibility index (Phi) is 4.83. The van der Waals surface area contributed by atoms with Crippen LogP contribution < -0.4 is 5.32 Å². The van der Waals surface area contributed by atoms with Crippen LogP contribution in [0.5, 0.6) is 0 Å². The van der Waals surface area contributed by atoms with E-state index in [1.807, 2.05) is 18.2 Å². The monoisotopic (exact) mass is 358 g/mol. The zero-order valence-electron chi connectivity index (χ0n) is 15.6. The molecule has 27 heavy (non-hydrogen) atoms. The van der Waals surface area contributed by atoms with E-state index in [2.05, 4.69) is 65.7 Å². The first-order valence-corrected chi connectivity index (χ1v) is 9.25. The zero-order valence-corrected chi connectivity index (χ0v) is 15.6. The molecule has 0 saturated carbocycles. The molecule has 136 valence electrons. The summed E-state index contributed by atoms with van der Waals surface area (Å²) in [6.45, 7) is 4.84. The number of hydrogen-bond donors (Lipinski definition) is 1. The lowest BCUT2D eigenvalue weighted by Crippen LogP contribution is -2.04. The average Bonchev–Trinajstić information content (AvgIpc) is 3.15. The summed E-state index contributed by atoms with van der Waals surface area (Å²) in [5, 5.41) is 8.69. The van der Waals surface area contributed by atoms with E-state index >= 15 is 0 Å². The van der Waals surface area contributed by atoms with Gasteiger partial charge in [0, 0.05) is 18.4 Å². The molecule has 2 aromatic carbocycles. The third-order valence-corrected chi connectivity index (χ3v) is 4.45. The molecule has 0 atom stereocenters. The van der Waals surface area contributed by atoms with Crippen LogP contribution in [0.4, 0.5) is 5.82 Å². The predicted molar refractivity (Wildman–Crippen MR) is 108 cm³/mol. The lowest BCUT2D eigenvalue weighted by atomic mass is 10.1. The van der Waals surface area contributed by atoms with Crippen molar-refractivity contribution in [3.05, 3.63) is 71.6 Å². The molecule has 4 aromatic rings. The Labute approximate surface area is 158 Å². The first-order chi connectivity index (χ1) is 13.2. The van der Waals surface area contributed by atoms with Crippen molar-refractivity contribution >= 4 is 16.7 Å². The lowest BCUT2D eigenvalue weighted by Gasteiger charge is -2.11. The molecule has 0 radical (unpaired) electrons. The summed E-state index contributed by atoms with van der Waals surface area (Å²) in [5.74, 6) is 2.00. The molecule has 0 fully saturated rings. The second-order valence-corrected chi connectivity index (χ2v) is 6.68. The number of pyridine rings is 1. The number of rotatable bonds is 6. The topological polar surface area (TPSA) is 63.8 Å². The van der Waals surface area contributed by atoms with E-state index in [4.69, 9.17) is 9.51 Å². The summed E-state index contributed by atoms with van der Waals surface area (Å²) >= 11 is 0. The Bertz CT molecular complexity index is 1060. The van der Waals surface area contributed by atoms with E-state index in [1.165, 1.54) is 11.1 Å². The van der Waals surface area contributed by atoms with Gasteiger partial charge in [0.25, 0.3) is 0 Å². The second-order valence-electron chi connectivity index (χ2n) is 6.68. The minimum atomic E-state index is 0.573. The molecule has 5 heteroatoms. The van der Waals surface area contributed by atoms with E-state index in [0.29, 0.717) is 18.3 Å². The Morgan fingerprint density at radius 3 is 2.67 bits per heavy atom. The van der Waals surface area contributed by atoms with Crippen molar-refractivity contribution in [1.82, 2.24) is 15.1 Å². The van der Waals surface area contributed by atoms with E-state index in [-0.39, 0.29) is 0 Å². The van der Waals surface area contributed by atoms with Gasteiger partial charge in [0.1, 0.15) is 5.82 Å². The van der Waals surface area contributed by atoms with Crippen molar-refractivity contribution < 1.29 is 4.52 Å². The average molecular weight is 358 g/mol. The highest BCUT2D eigenvalue weighted by molar-refractivity contribution is 5.88. The summed E-state index contributed by atoms with van der Waals surface area (Å²) in [6.07, 6.45) is 1.75. The van der Waals surface area contributed by atoms with Gasteiger partial charge in [-0.05, 0) is 36.6 Å². The molecule has 5 nitrogen and oxygen atoms in total. The summed E-state index contributed by atoms with van der Waals surface area (Å²) in [7, 11) is 0. The molecule has 1 N–H and O–H groups in total. The Morgan fingerprint density at radius 2 is 1.85 bits per heavy atom. The van der Waals surface area contributed by atoms with Crippen molar-refractivity contribution in [2.24, 2.45) is 0 Å². The van der Waals surface area contributed by atoms with Gasteiger partial charge in [-0.2, -0.15) is 4.98 Å². The van der Waals surface area contributed by atoms with E-state index in [1.54, 1.807) is 0 Å². The SMILES string of the molecule is CCCc1nc(-c2cc3ccc(C)cc3nc2NCc2ccccc2)no1. The predicted octanol–water partition coefficient (Wildman–Crippen LogP) is 5.16. The number of hydrogen-bond acceptors (Lipinski definition) is 5. The quantitative estimate of drug-likeness (QED) is 0.516. The molecule has 4 rings (SSSR count). The van der Waals surface area contributed by atoms with E-state index < -0.39 is 0 Å². The molecule has 0 amide bonds. The molecular weight excluding hydrogens is 336 g/mol. The molecule has 0 aliphatic rings. The smallest absolute Gasteiger partial charge is 0.226 e. The van der Waals surface area contributed by atoms with Crippen LogP contribution in [-0.4, -0.2) is 15.1 Å². The van der Waals surface area contributed by atoms with Gasteiger partial charge in [-0.25, -0.2) is 4.98 Å². The van der Waals surface area contributed by atoms with Crippen LogP contribution in [-0.2, 0) is 13.0 Å². The highest BCUT2D eigenvalue weighted by Gasteiger charge is 2.15. The van der Waals surface area contributed by atoms with Crippen LogP contribution in [0.3, 0.4) is 0 Å².